The molecule has 2 heterocycles. The molecule has 0 radical (unpaired) electrons. The van der Waals surface area contributed by atoms with E-state index in [1.165, 1.54) is 12.3 Å². The maximum absolute atomic E-state index is 11.8. The van der Waals surface area contributed by atoms with Crippen molar-refractivity contribution >= 4 is 17.5 Å². The number of carbonyl (C=O) groups excluding carboxylic acids is 1. The molecule has 2 unspecified atom stereocenters. The van der Waals surface area contributed by atoms with Gasteiger partial charge in [0.05, 0.1) is 18.2 Å². The van der Waals surface area contributed by atoms with Gasteiger partial charge in [0.25, 0.3) is 0 Å². The smallest absolute Gasteiger partial charge is 0.363 e. The maximum atomic E-state index is 11.8. The summed E-state index contributed by atoms with van der Waals surface area (Å²) in [5.74, 6) is -0.360. The normalized spacial score (nSPS) is 21.9. The summed E-state index contributed by atoms with van der Waals surface area (Å²) in [7, 11) is 0. The largest absolute Gasteiger partial charge is 0.466 e. The third-order valence-corrected chi connectivity index (χ3v) is 3.75. The highest BCUT2D eigenvalue weighted by atomic mass is 16.6. The number of rotatable bonds is 4. The fraction of sp³-hybridized carbons (Fsp3) is 0.571. The molecule has 114 valence electrons. The van der Waals surface area contributed by atoms with Gasteiger partial charge in [-0.1, -0.05) is 0 Å². The number of pyridine rings is 1. The van der Waals surface area contributed by atoms with E-state index < -0.39 is 4.92 Å². The van der Waals surface area contributed by atoms with Crippen LogP contribution in [-0.2, 0) is 9.53 Å². The molecule has 1 aromatic rings. The van der Waals surface area contributed by atoms with Gasteiger partial charge in [0, 0.05) is 18.7 Å². The minimum atomic E-state index is -0.514. The molecule has 0 bridgehead atoms. The third-order valence-electron chi connectivity index (χ3n) is 3.75. The second-order valence-electron chi connectivity index (χ2n) is 5.15. The Balaban J connectivity index is 2.03. The molecule has 1 aliphatic heterocycles. The summed E-state index contributed by atoms with van der Waals surface area (Å²) in [5, 5.41) is 10.6. The molecule has 0 aromatic carbocycles. The van der Waals surface area contributed by atoms with Crippen molar-refractivity contribution in [3.8, 4) is 0 Å². The second-order valence-corrected chi connectivity index (χ2v) is 5.15. The van der Waals surface area contributed by atoms with E-state index in [0.717, 1.165) is 18.5 Å². The molecule has 1 aromatic heterocycles. The van der Waals surface area contributed by atoms with Crippen LogP contribution in [0.25, 0.3) is 0 Å². The first-order valence-electron chi connectivity index (χ1n) is 7.06. The van der Waals surface area contributed by atoms with Crippen LogP contribution in [0, 0.1) is 16.0 Å². The molecule has 2 rings (SSSR count). The van der Waals surface area contributed by atoms with Crippen LogP contribution in [0.1, 0.15) is 26.7 Å². The van der Waals surface area contributed by atoms with Crippen molar-refractivity contribution in [2.45, 2.75) is 32.7 Å². The summed E-state index contributed by atoms with van der Waals surface area (Å²) < 4.78 is 5.07. The first-order chi connectivity index (χ1) is 10.0. The Kier molecular flexibility index (Phi) is 4.72. The van der Waals surface area contributed by atoms with Gasteiger partial charge in [0.1, 0.15) is 0 Å². The minimum absolute atomic E-state index is 0.0674. The Morgan fingerprint density at radius 1 is 1.57 bits per heavy atom. The topological polar surface area (TPSA) is 85.6 Å². The highest BCUT2D eigenvalue weighted by molar-refractivity contribution is 5.73. The lowest BCUT2D eigenvalue weighted by atomic mass is 9.91. The Morgan fingerprint density at radius 3 is 2.86 bits per heavy atom. The number of anilines is 1. The van der Waals surface area contributed by atoms with Crippen LogP contribution in [0.3, 0.4) is 0 Å². The quantitative estimate of drug-likeness (QED) is 0.480. The van der Waals surface area contributed by atoms with Crippen molar-refractivity contribution in [3.63, 3.8) is 0 Å². The summed E-state index contributed by atoms with van der Waals surface area (Å²) in [4.78, 5) is 27.8. The van der Waals surface area contributed by atoms with E-state index >= 15 is 0 Å². The van der Waals surface area contributed by atoms with Gasteiger partial charge in [-0.15, -0.1) is 0 Å². The molecule has 7 nitrogen and oxygen atoms in total. The zero-order chi connectivity index (χ0) is 15.4. The summed E-state index contributed by atoms with van der Waals surface area (Å²) in [6, 6.07) is 3.27. The van der Waals surface area contributed by atoms with E-state index in [9.17, 15) is 14.9 Å². The summed E-state index contributed by atoms with van der Waals surface area (Å²) in [5.41, 5.74) is 0.843. The van der Waals surface area contributed by atoms with Gasteiger partial charge in [-0.25, -0.2) is 0 Å². The van der Waals surface area contributed by atoms with Crippen LogP contribution >= 0.6 is 0 Å². The molecule has 1 aliphatic rings. The van der Waals surface area contributed by atoms with Crippen LogP contribution in [0.15, 0.2) is 18.3 Å². The van der Waals surface area contributed by atoms with E-state index in [0.29, 0.717) is 13.2 Å². The average molecular weight is 293 g/mol. The first-order valence-corrected chi connectivity index (χ1v) is 7.06. The fourth-order valence-electron chi connectivity index (χ4n) is 2.69. The van der Waals surface area contributed by atoms with Crippen molar-refractivity contribution in [2.75, 3.05) is 18.1 Å². The lowest BCUT2D eigenvalue weighted by Crippen LogP contribution is -2.43. The molecule has 1 fully saturated rings. The first kappa shape index (κ1) is 15.2. The molecule has 0 amide bonds. The molecule has 0 spiro atoms. The van der Waals surface area contributed by atoms with Crippen molar-refractivity contribution in [1.29, 1.82) is 0 Å². The average Bonchev–Trinajstić information content (AvgIpc) is 2.47. The number of nitro groups is 1. The van der Waals surface area contributed by atoms with E-state index in [2.05, 4.69) is 9.88 Å². The standard InChI is InChI=1S/C14H19N3O4/c1-3-21-14(18)11-6-7-16(10(2)8-11)12-4-5-13(15-9-12)17(19)20/h4-5,9-11H,3,6-8H2,1-2H3. The fourth-order valence-corrected chi connectivity index (χ4v) is 2.69. The number of aromatic nitrogens is 1. The van der Waals surface area contributed by atoms with Crippen LogP contribution in [-0.4, -0.2) is 35.1 Å². The summed E-state index contributed by atoms with van der Waals surface area (Å²) in [6.45, 7) is 4.95. The molecule has 0 N–H and O–H groups in total. The molecule has 1 saturated heterocycles. The number of esters is 1. The molecular formula is C14H19N3O4. The second kappa shape index (κ2) is 6.51. The lowest BCUT2D eigenvalue weighted by Gasteiger charge is -2.37. The number of nitrogens with zero attached hydrogens (tertiary/aromatic N) is 3. The zero-order valence-electron chi connectivity index (χ0n) is 12.2. The Hall–Kier alpha value is -2.18. The summed E-state index contributed by atoms with van der Waals surface area (Å²) in [6.07, 6.45) is 2.95. The third kappa shape index (κ3) is 3.48. The van der Waals surface area contributed by atoms with E-state index in [1.54, 1.807) is 13.0 Å². The van der Waals surface area contributed by atoms with Crippen LogP contribution in [0.4, 0.5) is 11.5 Å². The van der Waals surface area contributed by atoms with Gasteiger partial charge in [-0.3, -0.25) is 4.79 Å². The maximum Gasteiger partial charge on any atom is 0.363 e. The van der Waals surface area contributed by atoms with Gasteiger partial charge >= 0.3 is 11.8 Å². The molecule has 0 aliphatic carbocycles. The van der Waals surface area contributed by atoms with Crippen LogP contribution in [0.5, 0.6) is 0 Å². The number of hydrogen-bond donors (Lipinski definition) is 0. The van der Waals surface area contributed by atoms with E-state index in [1.807, 2.05) is 6.92 Å². The van der Waals surface area contributed by atoms with Crippen molar-refractivity contribution in [2.24, 2.45) is 5.92 Å². The van der Waals surface area contributed by atoms with Gasteiger partial charge in [-0.05, 0) is 42.7 Å². The minimum Gasteiger partial charge on any atom is -0.466 e. The van der Waals surface area contributed by atoms with Gasteiger partial charge in [-0.2, -0.15) is 0 Å². The van der Waals surface area contributed by atoms with Crippen LogP contribution < -0.4 is 4.90 Å². The molecule has 2 atom stereocenters. The monoisotopic (exact) mass is 293 g/mol. The van der Waals surface area contributed by atoms with Gasteiger partial charge in [0.15, 0.2) is 6.20 Å². The molecule has 21 heavy (non-hydrogen) atoms. The Bertz CT molecular complexity index is 517. The highest BCUT2D eigenvalue weighted by Crippen LogP contribution is 2.29. The highest BCUT2D eigenvalue weighted by Gasteiger charge is 2.31. The predicted molar refractivity (Wildman–Crippen MR) is 77.1 cm³/mol. The van der Waals surface area contributed by atoms with Gasteiger partial charge < -0.3 is 19.8 Å². The van der Waals surface area contributed by atoms with Gasteiger partial charge in [0.2, 0.25) is 0 Å². The van der Waals surface area contributed by atoms with Crippen molar-refractivity contribution in [3.05, 3.63) is 28.4 Å². The molecular weight excluding hydrogens is 274 g/mol. The summed E-state index contributed by atoms with van der Waals surface area (Å²) >= 11 is 0. The number of carbonyl (C=O) groups is 1. The number of ether oxygens (including phenoxy) is 1. The zero-order valence-corrected chi connectivity index (χ0v) is 12.2. The Morgan fingerprint density at radius 2 is 2.33 bits per heavy atom. The van der Waals surface area contributed by atoms with E-state index in [4.69, 9.17) is 4.74 Å². The van der Waals surface area contributed by atoms with Crippen LogP contribution in [0.2, 0.25) is 0 Å². The lowest BCUT2D eigenvalue weighted by molar-refractivity contribution is -0.389. The predicted octanol–water partition coefficient (Wildman–Crippen LogP) is 2.16. The van der Waals surface area contributed by atoms with Crippen molar-refractivity contribution in [1.82, 2.24) is 4.98 Å². The van der Waals surface area contributed by atoms with Crippen molar-refractivity contribution < 1.29 is 14.5 Å². The number of piperidine rings is 1. The van der Waals surface area contributed by atoms with E-state index in [-0.39, 0.29) is 23.7 Å². The SMILES string of the molecule is CCOC(=O)C1CCN(c2ccc([N+](=O)[O-])nc2)C(C)C1. The number of hydrogen-bond acceptors (Lipinski definition) is 6. The molecule has 0 saturated carbocycles. The Labute approximate surface area is 123 Å². The molecule has 7 heteroatoms.